The van der Waals surface area contributed by atoms with Crippen molar-refractivity contribution in [3.63, 3.8) is 0 Å². The largest absolute Gasteiger partial charge is 0.379 e. The van der Waals surface area contributed by atoms with Crippen molar-refractivity contribution in [3.8, 4) is 0 Å². The summed E-state index contributed by atoms with van der Waals surface area (Å²) in [6.45, 7) is 4.32. The zero-order chi connectivity index (χ0) is 19.6. The highest BCUT2D eigenvalue weighted by Gasteiger charge is 2.29. The van der Waals surface area contributed by atoms with Gasteiger partial charge < -0.3 is 10.1 Å². The average molecular weight is 415 g/mol. The van der Waals surface area contributed by atoms with E-state index in [0.717, 1.165) is 6.42 Å². The van der Waals surface area contributed by atoms with Gasteiger partial charge in [-0.25, -0.2) is 9.40 Å². The predicted octanol–water partition coefficient (Wildman–Crippen LogP) is -0.133. The van der Waals surface area contributed by atoms with Gasteiger partial charge in [0.05, 0.1) is 18.3 Å². The number of aromatic nitrogens is 5. The van der Waals surface area contributed by atoms with Crippen LogP contribution in [0.5, 0.6) is 0 Å². The van der Waals surface area contributed by atoms with Crippen molar-refractivity contribution in [3.05, 3.63) is 11.4 Å². The van der Waals surface area contributed by atoms with Crippen LogP contribution >= 0.6 is 11.3 Å². The van der Waals surface area contributed by atoms with Crippen LogP contribution in [-0.2, 0) is 19.6 Å². The first kappa shape index (κ1) is 19.3. The third kappa shape index (κ3) is 4.12. The minimum Gasteiger partial charge on any atom is -0.379 e. The van der Waals surface area contributed by atoms with E-state index in [1.54, 1.807) is 18.5 Å². The number of nitrogens with one attached hydrogen (secondary N) is 2. The van der Waals surface area contributed by atoms with E-state index in [-0.39, 0.29) is 29.2 Å². The topological polar surface area (TPSA) is 158 Å². The highest BCUT2D eigenvalue weighted by atomic mass is 32.2. The molecule has 2 amide bonds. The van der Waals surface area contributed by atoms with E-state index >= 15 is 0 Å². The molecule has 2 aromatic heterocycles. The van der Waals surface area contributed by atoms with Gasteiger partial charge in [0.2, 0.25) is 11.0 Å². The van der Waals surface area contributed by atoms with E-state index in [4.69, 9.17) is 4.74 Å². The molecule has 0 saturated carbocycles. The van der Waals surface area contributed by atoms with Gasteiger partial charge in [-0.15, -0.1) is 15.3 Å². The Bertz CT molecular complexity index is 962. The molecule has 1 saturated heterocycles. The first-order valence-electron chi connectivity index (χ1n) is 8.02. The Morgan fingerprint density at radius 2 is 2.11 bits per heavy atom. The van der Waals surface area contributed by atoms with E-state index in [0.29, 0.717) is 30.2 Å². The molecule has 0 spiro atoms. The molecule has 1 atom stereocenters. The van der Waals surface area contributed by atoms with E-state index in [9.17, 15) is 18.0 Å². The molecule has 1 aliphatic rings. The number of nitrogens with zero attached hydrogens (tertiary/aromatic N) is 5. The molecule has 14 heteroatoms. The second-order valence-electron chi connectivity index (χ2n) is 5.69. The van der Waals surface area contributed by atoms with Gasteiger partial charge in [-0.1, -0.05) is 23.5 Å². The summed E-state index contributed by atoms with van der Waals surface area (Å²) in [6.07, 6.45) is 0.944. The highest BCUT2D eigenvalue weighted by molar-refractivity contribution is 7.92. The van der Waals surface area contributed by atoms with Crippen LogP contribution in [0.1, 0.15) is 42.0 Å². The van der Waals surface area contributed by atoms with Crippen LogP contribution in [0.2, 0.25) is 0 Å². The normalized spacial score (nSPS) is 17.0. The summed E-state index contributed by atoms with van der Waals surface area (Å²) in [4.78, 5) is 23.7. The molecule has 1 unspecified atom stereocenters. The minimum atomic E-state index is -4.26. The van der Waals surface area contributed by atoms with Crippen molar-refractivity contribution in [1.82, 2.24) is 29.9 Å². The van der Waals surface area contributed by atoms with Gasteiger partial charge in [-0.3, -0.25) is 9.59 Å². The van der Waals surface area contributed by atoms with Crippen molar-refractivity contribution in [2.45, 2.75) is 37.1 Å². The third-order valence-electron chi connectivity index (χ3n) is 3.82. The maximum Gasteiger partial charge on any atom is 0.293 e. The van der Waals surface area contributed by atoms with Gasteiger partial charge in [0.25, 0.3) is 20.3 Å². The number of anilines is 1. The molecule has 0 radical (unpaired) electrons. The number of sulfonamides is 1. The Hall–Kier alpha value is -2.45. The molecular formula is C13H17N7O5S2. The Kier molecular flexibility index (Phi) is 5.48. The summed E-state index contributed by atoms with van der Waals surface area (Å²) in [5.74, 6) is -1.26. The van der Waals surface area contributed by atoms with Crippen molar-refractivity contribution in [1.29, 1.82) is 0 Å². The minimum absolute atomic E-state index is 0.0260. The van der Waals surface area contributed by atoms with Gasteiger partial charge >= 0.3 is 0 Å². The van der Waals surface area contributed by atoms with Crippen LogP contribution in [-0.4, -0.2) is 58.6 Å². The smallest absolute Gasteiger partial charge is 0.293 e. The molecule has 3 heterocycles. The standard InChI is InChI=1S/C13H17N7O5S2/c1-3-9(21)14-12-16-17-13(26-12)27(23,24)18-11(22)10-7(2)20(19-15-10)8-4-5-25-6-8/h8H,3-6H2,1-2H3,(H,18,22)(H,14,16,21). The van der Waals surface area contributed by atoms with E-state index in [2.05, 4.69) is 25.8 Å². The molecule has 2 aromatic rings. The van der Waals surface area contributed by atoms with E-state index in [1.165, 1.54) is 0 Å². The van der Waals surface area contributed by atoms with Crippen molar-refractivity contribution >= 4 is 38.3 Å². The Labute approximate surface area is 158 Å². The number of hydrogen-bond acceptors (Lipinski definition) is 10. The second-order valence-corrected chi connectivity index (χ2v) is 8.53. The van der Waals surface area contributed by atoms with Crippen molar-refractivity contribution < 1.29 is 22.7 Å². The van der Waals surface area contributed by atoms with Crippen LogP contribution in [0.4, 0.5) is 5.13 Å². The zero-order valence-corrected chi connectivity index (χ0v) is 16.1. The summed E-state index contributed by atoms with van der Waals surface area (Å²) < 4.78 is 33.0. The lowest BCUT2D eigenvalue weighted by Gasteiger charge is -2.09. The summed E-state index contributed by atoms with van der Waals surface area (Å²) in [7, 11) is -4.26. The maximum atomic E-state index is 12.4. The van der Waals surface area contributed by atoms with Crippen LogP contribution < -0.4 is 10.0 Å². The Morgan fingerprint density at radius 1 is 1.33 bits per heavy atom. The van der Waals surface area contributed by atoms with Crippen LogP contribution in [0.25, 0.3) is 0 Å². The number of rotatable bonds is 6. The van der Waals surface area contributed by atoms with Crippen LogP contribution in [0, 0.1) is 6.92 Å². The quantitative estimate of drug-likeness (QED) is 0.613. The molecule has 0 aliphatic carbocycles. The van der Waals surface area contributed by atoms with Crippen molar-refractivity contribution in [2.75, 3.05) is 18.5 Å². The van der Waals surface area contributed by atoms with Gasteiger partial charge in [0.15, 0.2) is 5.69 Å². The zero-order valence-electron chi connectivity index (χ0n) is 14.5. The second kappa shape index (κ2) is 7.66. The SMILES string of the molecule is CCC(=O)Nc1nnc(S(=O)(=O)NC(=O)c2nnn(C3CCOC3)c2C)s1. The summed E-state index contributed by atoms with van der Waals surface area (Å²) in [6, 6.07) is -0.0384. The summed E-state index contributed by atoms with van der Waals surface area (Å²) in [5.41, 5.74) is 0.334. The molecule has 0 aromatic carbocycles. The lowest BCUT2D eigenvalue weighted by Crippen LogP contribution is -2.31. The first-order chi connectivity index (χ1) is 12.8. The molecule has 146 valence electrons. The van der Waals surface area contributed by atoms with Gasteiger partial charge in [0, 0.05) is 13.0 Å². The van der Waals surface area contributed by atoms with E-state index < -0.39 is 20.3 Å². The van der Waals surface area contributed by atoms with E-state index in [1.807, 2.05) is 4.72 Å². The maximum absolute atomic E-state index is 12.4. The number of ether oxygens (including phenoxy) is 1. The molecule has 27 heavy (non-hydrogen) atoms. The molecule has 3 rings (SSSR count). The number of hydrogen-bond donors (Lipinski definition) is 2. The average Bonchev–Trinajstić information content (AvgIpc) is 3.34. The fraction of sp³-hybridized carbons (Fsp3) is 0.538. The molecule has 1 aliphatic heterocycles. The lowest BCUT2D eigenvalue weighted by atomic mass is 10.2. The fourth-order valence-corrected chi connectivity index (χ4v) is 4.27. The van der Waals surface area contributed by atoms with Gasteiger partial charge in [0.1, 0.15) is 0 Å². The fourth-order valence-electron chi connectivity index (χ4n) is 2.40. The third-order valence-corrected chi connectivity index (χ3v) is 6.36. The molecule has 0 bridgehead atoms. The summed E-state index contributed by atoms with van der Waals surface area (Å²) in [5, 5.41) is 17.2. The Morgan fingerprint density at radius 3 is 2.78 bits per heavy atom. The number of amides is 2. The lowest BCUT2D eigenvalue weighted by molar-refractivity contribution is -0.115. The van der Waals surface area contributed by atoms with Crippen LogP contribution in [0.15, 0.2) is 4.34 Å². The molecule has 2 N–H and O–H groups in total. The molecule has 12 nitrogen and oxygen atoms in total. The Balaban J connectivity index is 1.74. The monoisotopic (exact) mass is 415 g/mol. The number of carbonyl (C=O) groups is 2. The first-order valence-corrected chi connectivity index (χ1v) is 10.3. The van der Waals surface area contributed by atoms with Gasteiger partial charge in [-0.2, -0.15) is 8.42 Å². The van der Waals surface area contributed by atoms with Crippen molar-refractivity contribution in [2.24, 2.45) is 0 Å². The van der Waals surface area contributed by atoms with Gasteiger partial charge in [-0.05, 0) is 13.3 Å². The summed E-state index contributed by atoms with van der Waals surface area (Å²) >= 11 is 0.636. The molecule has 1 fully saturated rings. The predicted molar refractivity (Wildman–Crippen MR) is 92.7 cm³/mol. The highest BCUT2D eigenvalue weighted by Crippen LogP contribution is 2.22. The number of carbonyl (C=O) groups excluding carboxylic acids is 2. The van der Waals surface area contributed by atoms with Crippen LogP contribution in [0.3, 0.4) is 0 Å². The molecular weight excluding hydrogens is 398 g/mol.